The van der Waals surface area contributed by atoms with Crippen LogP contribution >= 0.6 is 0 Å². The van der Waals surface area contributed by atoms with Crippen LogP contribution in [0.2, 0.25) is 0 Å². The van der Waals surface area contributed by atoms with E-state index >= 15 is 0 Å². The second-order valence-corrected chi connectivity index (χ2v) is 3.42. The smallest absolute Gasteiger partial charge is 0.151 e. The number of aliphatic hydroxyl groups is 1. The molecule has 0 bridgehead atoms. The number of nitrogens with one attached hydrogen (secondary N) is 1. The maximum atomic E-state index is 13.2. The third-order valence-electron chi connectivity index (χ3n) is 1.93. The van der Waals surface area contributed by atoms with Crippen LogP contribution in [0.3, 0.4) is 0 Å². The first-order valence-electron chi connectivity index (χ1n) is 4.67. The molecule has 0 aliphatic rings. The Balaban J connectivity index is 2.68. The number of halogens is 2. The SMILES string of the molecule is CC(O)CCNc1c(F)cc(N)cc1F. The standard InChI is InChI=1S/C10H14F2N2O/c1-6(15)2-3-14-10-8(11)4-7(13)5-9(10)12/h4-6,14-15H,2-3,13H2,1H3. The highest BCUT2D eigenvalue weighted by Crippen LogP contribution is 2.21. The number of anilines is 2. The monoisotopic (exact) mass is 216 g/mol. The summed E-state index contributed by atoms with van der Waals surface area (Å²) < 4.78 is 26.4. The predicted molar refractivity (Wildman–Crippen MR) is 55.6 cm³/mol. The average Bonchev–Trinajstić information content (AvgIpc) is 2.08. The predicted octanol–water partition coefficient (Wildman–Crippen LogP) is 1.73. The summed E-state index contributed by atoms with van der Waals surface area (Å²) in [7, 11) is 0. The van der Waals surface area contributed by atoms with Gasteiger partial charge in [-0.15, -0.1) is 0 Å². The fourth-order valence-corrected chi connectivity index (χ4v) is 1.17. The highest BCUT2D eigenvalue weighted by atomic mass is 19.1. The minimum Gasteiger partial charge on any atom is -0.399 e. The molecular formula is C10H14F2N2O. The molecule has 0 aromatic heterocycles. The van der Waals surface area contributed by atoms with E-state index in [0.29, 0.717) is 13.0 Å². The van der Waals surface area contributed by atoms with Crippen molar-refractivity contribution in [2.75, 3.05) is 17.6 Å². The van der Waals surface area contributed by atoms with E-state index < -0.39 is 17.7 Å². The van der Waals surface area contributed by atoms with Crippen molar-refractivity contribution in [1.82, 2.24) is 0 Å². The number of rotatable bonds is 4. The molecule has 0 fully saturated rings. The first-order chi connectivity index (χ1) is 7.00. The fraction of sp³-hybridized carbons (Fsp3) is 0.400. The Morgan fingerprint density at radius 2 is 1.93 bits per heavy atom. The molecule has 0 saturated heterocycles. The molecule has 1 aromatic carbocycles. The van der Waals surface area contributed by atoms with E-state index in [4.69, 9.17) is 10.8 Å². The van der Waals surface area contributed by atoms with Gasteiger partial charge >= 0.3 is 0 Å². The van der Waals surface area contributed by atoms with Crippen molar-refractivity contribution in [2.24, 2.45) is 0 Å². The van der Waals surface area contributed by atoms with E-state index in [0.717, 1.165) is 12.1 Å². The van der Waals surface area contributed by atoms with Gasteiger partial charge in [-0.25, -0.2) is 8.78 Å². The lowest BCUT2D eigenvalue weighted by atomic mass is 10.2. The molecule has 3 nitrogen and oxygen atoms in total. The Hall–Kier alpha value is -1.36. The maximum absolute atomic E-state index is 13.2. The molecule has 0 aliphatic heterocycles. The van der Waals surface area contributed by atoms with Gasteiger partial charge in [-0.1, -0.05) is 0 Å². The lowest BCUT2D eigenvalue weighted by Gasteiger charge is -2.10. The van der Waals surface area contributed by atoms with E-state index in [2.05, 4.69) is 5.32 Å². The molecule has 0 heterocycles. The van der Waals surface area contributed by atoms with Gasteiger partial charge in [-0.2, -0.15) is 0 Å². The van der Waals surface area contributed by atoms with Gasteiger partial charge in [0.05, 0.1) is 6.10 Å². The summed E-state index contributed by atoms with van der Waals surface area (Å²) in [6.45, 7) is 1.91. The van der Waals surface area contributed by atoms with E-state index in [1.165, 1.54) is 0 Å². The maximum Gasteiger partial charge on any atom is 0.151 e. The molecule has 0 amide bonds. The zero-order valence-electron chi connectivity index (χ0n) is 8.43. The summed E-state index contributed by atoms with van der Waals surface area (Å²) in [5.74, 6) is -1.45. The second kappa shape index (κ2) is 4.93. The number of nitrogen functional groups attached to an aromatic ring is 1. The molecule has 84 valence electrons. The largest absolute Gasteiger partial charge is 0.399 e. The van der Waals surface area contributed by atoms with Crippen molar-refractivity contribution in [3.63, 3.8) is 0 Å². The highest BCUT2D eigenvalue weighted by molar-refractivity contribution is 5.53. The average molecular weight is 216 g/mol. The lowest BCUT2D eigenvalue weighted by Crippen LogP contribution is -2.12. The zero-order valence-corrected chi connectivity index (χ0v) is 8.43. The third-order valence-corrected chi connectivity index (χ3v) is 1.93. The molecule has 15 heavy (non-hydrogen) atoms. The van der Waals surface area contributed by atoms with E-state index in [9.17, 15) is 8.78 Å². The Bertz CT molecular complexity index is 319. The molecule has 5 heteroatoms. The summed E-state index contributed by atoms with van der Waals surface area (Å²) in [5, 5.41) is 11.5. The molecule has 0 saturated carbocycles. The molecule has 0 aliphatic carbocycles. The second-order valence-electron chi connectivity index (χ2n) is 3.42. The summed E-state index contributed by atoms with van der Waals surface area (Å²) in [4.78, 5) is 0. The van der Waals surface area contributed by atoms with Gasteiger partial charge < -0.3 is 16.2 Å². The van der Waals surface area contributed by atoms with Crippen LogP contribution in [0.5, 0.6) is 0 Å². The molecule has 0 radical (unpaired) electrons. The molecule has 1 aromatic rings. The first-order valence-corrected chi connectivity index (χ1v) is 4.67. The Morgan fingerprint density at radius 1 is 1.40 bits per heavy atom. The minimum atomic E-state index is -0.724. The molecule has 1 unspecified atom stereocenters. The van der Waals surface area contributed by atoms with Crippen molar-refractivity contribution in [3.8, 4) is 0 Å². The zero-order chi connectivity index (χ0) is 11.4. The lowest BCUT2D eigenvalue weighted by molar-refractivity contribution is 0.188. The summed E-state index contributed by atoms with van der Waals surface area (Å²) in [5.41, 5.74) is 5.10. The van der Waals surface area contributed by atoms with Crippen LogP contribution in [0.15, 0.2) is 12.1 Å². The molecule has 0 spiro atoms. The number of hydrogen-bond donors (Lipinski definition) is 3. The van der Waals surface area contributed by atoms with E-state index in [-0.39, 0.29) is 11.4 Å². The summed E-state index contributed by atoms with van der Waals surface area (Å²) in [6.07, 6.45) is -0.0825. The first kappa shape index (κ1) is 11.7. The van der Waals surface area contributed by atoms with Crippen LogP contribution in [-0.2, 0) is 0 Å². The van der Waals surface area contributed by atoms with Crippen LogP contribution < -0.4 is 11.1 Å². The van der Waals surface area contributed by atoms with Crippen LogP contribution in [0, 0.1) is 11.6 Å². The minimum absolute atomic E-state index is 0.0473. The molecule has 4 N–H and O–H groups in total. The van der Waals surface area contributed by atoms with Crippen LogP contribution in [0.25, 0.3) is 0 Å². The van der Waals surface area contributed by atoms with Crippen molar-refractivity contribution >= 4 is 11.4 Å². The molecular weight excluding hydrogens is 202 g/mol. The topological polar surface area (TPSA) is 58.3 Å². The number of hydrogen-bond acceptors (Lipinski definition) is 3. The van der Waals surface area contributed by atoms with Crippen molar-refractivity contribution < 1.29 is 13.9 Å². The number of aliphatic hydroxyl groups excluding tert-OH is 1. The molecule has 1 rings (SSSR count). The van der Waals surface area contributed by atoms with Gasteiger partial charge in [0.2, 0.25) is 0 Å². The van der Waals surface area contributed by atoms with Crippen LogP contribution in [0.1, 0.15) is 13.3 Å². The summed E-state index contributed by atoms with van der Waals surface area (Å²) >= 11 is 0. The van der Waals surface area contributed by atoms with E-state index in [1.54, 1.807) is 6.92 Å². The quantitative estimate of drug-likeness (QED) is 0.672. The van der Waals surface area contributed by atoms with Gasteiger partial charge in [-0.3, -0.25) is 0 Å². The van der Waals surface area contributed by atoms with Crippen LogP contribution in [-0.4, -0.2) is 17.8 Å². The van der Waals surface area contributed by atoms with Gasteiger partial charge in [0.1, 0.15) is 5.69 Å². The van der Waals surface area contributed by atoms with Gasteiger partial charge in [0.25, 0.3) is 0 Å². The van der Waals surface area contributed by atoms with Gasteiger partial charge in [0.15, 0.2) is 11.6 Å². The van der Waals surface area contributed by atoms with Gasteiger partial charge in [-0.05, 0) is 25.5 Å². The summed E-state index contributed by atoms with van der Waals surface area (Å²) in [6, 6.07) is 2.10. The van der Waals surface area contributed by atoms with Crippen molar-refractivity contribution in [2.45, 2.75) is 19.4 Å². The van der Waals surface area contributed by atoms with Gasteiger partial charge in [0, 0.05) is 12.2 Å². The Labute approximate surface area is 86.9 Å². The number of nitrogens with two attached hydrogens (primary N) is 1. The van der Waals surface area contributed by atoms with Crippen LogP contribution in [0.4, 0.5) is 20.2 Å². The van der Waals surface area contributed by atoms with E-state index in [1.807, 2.05) is 0 Å². The third kappa shape index (κ3) is 3.36. The Morgan fingerprint density at radius 3 is 2.40 bits per heavy atom. The van der Waals surface area contributed by atoms with Crippen molar-refractivity contribution in [3.05, 3.63) is 23.8 Å². The molecule has 1 atom stereocenters. The Kier molecular flexibility index (Phi) is 3.85. The normalized spacial score (nSPS) is 12.5. The fourth-order valence-electron chi connectivity index (χ4n) is 1.17. The number of benzene rings is 1. The van der Waals surface area contributed by atoms with Crippen molar-refractivity contribution in [1.29, 1.82) is 0 Å². The highest BCUT2D eigenvalue weighted by Gasteiger charge is 2.09.